The Morgan fingerprint density at radius 3 is 2.69 bits per heavy atom. The van der Waals surface area contributed by atoms with Gasteiger partial charge in [0.1, 0.15) is 6.54 Å². The van der Waals surface area contributed by atoms with Crippen LogP contribution in [0.1, 0.15) is 25.7 Å². The summed E-state index contributed by atoms with van der Waals surface area (Å²) in [6.07, 6.45) is 5.29. The summed E-state index contributed by atoms with van der Waals surface area (Å²) in [5.41, 5.74) is 0.287. The largest absolute Gasteiger partial charge is 0.480 e. The van der Waals surface area contributed by atoms with Gasteiger partial charge in [0, 0.05) is 0 Å². The maximum atomic E-state index is 11.0. The summed E-state index contributed by atoms with van der Waals surface area (Å²) in [4.78, 5) is 21.1. The van der Waals surface area contributed by atoms with Gasteiger partial charge in [-0.25, -0.2) is 4.79 Å². The van der Waals surface area contributed by atoms with Gasteiger partial charge in [0.2, 0.25) is 0 Å². The Labute approximate surface area is 94.5 Å². The van der Waals surface area contributed by atoms with Crippen molar-refractivity contribution >= 4 is 12.1 Å². The summed E-state index contributed by atoms with van der Waals surface area (Å²) in [6.45, 7) is 3.62. The van der Waals surface area contributed by atoms with E-state index in [0.717, 1.165) is 25.7 Å². The van der Waals surface area contributed by atoms with E-state index in [2.05, 4.69) is 11.9 Å². The van der Waals surface area contributed by atoms with E-state index in [0.29, 0.717) is 6.61 Å². The molecule has 0 aromatic heterocycles. The lowest BCUT2D eigenvalue weighted by Gasteiger charge is -2.12. The normalized spacial score (nSPS) is 16.2. The van der Waals surface area contributed by atoms with Crippen LogP contribution >= 0.6 is 0 Å². The lowest BCUT2D eigenvalue weighted by molar-refractivity contribution is -0.135. The van der Waals surface area contributed by atoms with Crippen LogP contribution in [0.3, 0.4) is 0 Å². The SMILES string of the molecule is C=CCC1(CCOC(=O)NCC(=O)O)CC1. The molecule has 16 heavy (non-hydrogen) atoms. The molecule has 0 spiro atoms. The van der Waals surface area contributed by atoms with Crippen LogP contribution in [0, 0.1) is 5.41 Å². The molecule has 1 aliphatic carbocycles. The molecule has 1 rings (SSSR count). The first kappa shape index (κ1) is 12.5. The number of carbonyl (C=O) groups is 2. The predicted molar refractivity (Wildman–Crippen MR) is 58.1 cm³/mol. The monoisotopic (exact) mass is 227 g/mol. The average molecular weight is 227 g/mol. The second kappa shape index (κ2) is 5.53. The number of rotatable bonds is 7. The predicted octanol–water partition coefficient (Wildman–Crippen LogP) is 1.54. The number of amides is 1. The first-order chi connectivity index (χ1) is 7.58. The number of carbonyl (C=O) groups excluding carboxylic acids is 1. The zero-order valence-electron chi connectivity index (χ0n) is 9.20. The van der Waals surface area contributed by atoms with E-state index in [-0.39, 0.29) is 5.41 Å². The van der Waals surface area contributed by atoms with Crippen molar-refractivity contribution in [2.24, 2.45) is 5.41 Å². The molecule has 1 amide bonds. The smallest absolute Gasteiger partial charge is 0.407 e. The van der Waals surface area contributed by atoms with Gasteiger partial charge < -0.3 is 15.2 Å². The van der Waals surface area contributed by atoms with Gasteiger partial charge in [0.15, 0.2) is 0 Å². The number of carboxylic acid groups (broad SMARTS) is 1. The van der Waals surface area contributed by atoms with Crippen LogP contribution in [0.15, 0.2) is 12.7 Å². The molecule has 0 aliphatic heterocycles. The van der Waals surface area contributed by atoms with Crippen molar-refractivity contribution in [2.45, 2.75) is 25.7 Å². The highest BCUT2D eigenvalue weighted by Gasteiger charge is 2.40. The Balaban J connectivity index is 2.08. The van der Waals surface area contributed by atoms with Crippen LogP contribution < -0.4 is 5.32 Å². The Hall–Kier alpha value is -1.52. The molecule has 1 aliphatic rings. The van der Waals surface area contributed by atoms with Gasteiger partial charge in [-0.3, -0.25) is 4.79 Å². The van der Waals surface area contributed by atoms with E-state index in [1.807, 2.05) is 6.08 Å². The standard InChI is InChI=1S/C11H17NO4/c1-2-3-11(4-5-11)6-7-16-10(15)12-8-9(13)14/h2H,1,3-8H2,(H,12,15)(H,13,14). The zero-order valence-corrected chi connectivity index (χ0v) is 9.20. The van der Waals surface area contributed by atoms with Gasteiger partial charge in [0.05, 0.1) is 6.61 Å². The molecule has 0 aromatic rings. The highest BCUT2D eigenvalue weighted by Crippen LogP contribution is 2.51. The molecule has 5 nitrogen and oxygen atoms in total. The van der Waals surface area contributed by atoms with Crippen LogP contribution in [0.25, 0.3) is 0 Å². The van der Waals surface area contributed by atoms with E-state index in [9.17, 15) is 9.59 Å². The first-order valence-corrected chi connectivity index (χ1v) is 5.31. The molecule has 5 heteroatoms. The van der Waals surface area contributed by atoms with Gasteiger partial charge in [-0.05, 0) is 31.1 Å². The molecule has 90 valence electrons. The lowest BCUT2D eigenvalue weighted by atomic mass is 9.99. The molecule has 0 heterocycles. The molecule has 0 aromatic carbocycles. The third-order valence-corrected chi connectivity index (χ3v) is 2.78. The van der Waals surface area contributed by atoms with Crippen LogP contribution in [-0.4, -0.2) is 30.3 Å². The van der Waals surface area contributed by atoms with Crippen molar-refractivity contribution in [1.29, 1.82) is 0 Å². The molecule has 0 saturated heterocycles. The summed E-state index contributed by atoms with van der Waals surface area (Å²) in [7, 11) is 0. The van der Waals surface area contributed by atoms with E-state index >= 15 is 0 Å². The van der Waals surface area contributed by atoms with Crippen molar-refractivity contribution < 1.29 is 19.4 Å². The number of hydrogen-bond acceptors (Lipinski definition) is 3. The van der Waals surface area contributed by atoms with Gasteiger partial charge >= 0.3 is 12.1 Å². The average Bonchev–Trinajstić information content (AvgIpc) is 2.96. The number of alkyl carbamates (subject to hydrolysis) is 1. The Kier molecular flexibility index (Phi) is 4.34. The topological polar surface area (TPSA) is 75.6 Å². The highest BCUT2D eigenvalue weighted by molar-refractivity contribution is 5.76. The van der Waals surface area contributed by atoms with Crippen LogP contribution in [0.5, 0.6) is 0 Å². The minimum atomic E-state index is -1.08. The molecule has 0 atom stereocenters. The number of aliphatic carboxylic acids is 1. The molecule has 0 unspecified atom stereocenters. The minimum absolute atomic E-state index is 0.287. The summed E-state index contributed by atoms with van der Waals surface area (Å²) < 4.78 is 4.87. The molecule has 0 bridgehead atoms. The van der Waals surface area contributed by atoms with Crippen molar-refractivity contribution in [3.05, 3.63) is 12.7 Å². The van der Waals surface area contributed by atoms with E-state index in [1.54, 1.807) is 0 Å². The summed E-state index contributed by atoms with van der Waals surface area (Å²) >= 11 is 0. The molecular weight excluding hydrogens is 210 g/mol. The Morgan fingerprint density at radius 1 is 1.50 bits per heavy atom. The van der Waals surface area contributed by atoms with Crippen molar-refractivity contribution in [1.82, 2.24) is 5.32 Å². The second-order valence-electron chi connectivity index (χ2n) is 4.13. The van der Waals surface area contributed by atoms with E-state index < -0.39 is 18.6 Å². The summed E-state index contributed by atoms with van der Waals surface area (Å²) in [5, 5.41) is 10.5. The van der Waals surface area contributed by atoms with Gasteiger partial charge in [-0.2, -0.15) is 0 Å². The fraction of sp³-hybridized carbons (Fsp3) is 0.636. The van der Waals surface area contributed by atoms with Crippen LogP contribution in [0.2, 0.25) is 0 Å². The van der Waals surface area contributed by atoms with Crippen LogP contribution in [-0.2, 0) is 9.53 Å². The van der Waals surface area contributed by atoms with Crippen molar-refractivity contribution in [2.75, 3.05) is 13.2 Å². The number of carboxylic acids is 1. The molecule has 0 radical (unpaired) electrons. The molecule has 2 N–H and O–H groups in total. The van der Waals surface area contributed by atoms with E-state index in [4.69, 9.17) is 9.84 Å². The summed E-state index contributed by atoms with van der Waals surface area (Å²) in [6, 6.07) is 0. The summed E-state index contributed by atoms with van der Waals surface area (Å²) in [5.74, 6) is -1.08. The quantitative estimate of drug-likeness (QED) is 0.647. The lowest BCUT2D eigenvalue weighted by Crippen LogP contribution is -2.30. The van der Waals surface area contributed by atoms with Gasteiger partial charge in [0.25, 0.3) is 0 Å². The number of ether oxygens (including phenoxy) is 1. The van der Waals surface area contributed by atoms with Crippen molar-refractivity contribution in [3.8, 4) is 0 Å². The number of allylic oxidation sites excluding steroid dienone is 1. The third-order valence-electron chi connectivity index (χ3n) is 2.78. The fourth-order valence-corrected chi connectivity index (χ4v) is 1.60. The molecule has 1 fully saturated rings. The third kappa shape index (κ3) is 4.33. The number of hydrogen-bond donors (Lipinski definition) is 2. The van der Waals surface area contributed by atoms with Crippen molar-refractivity contribution in [3.63, 3.8) is 0 Å². The maximum absolute atomic E-state index is 11.0. The first-order valence-electron chi connectivity index (χ1n) is 5.31. The minimum Gasteiger partial charge on any atom is -0.480 e. The Morgan fingerprint density at radius 2 is 2.19 bits per heavy atom. The molecule has 1 saturated carbocycles. The van der Waals surface area contributed by atoms with E-state index in [1.165, 1.54) is 0 Å². The zero-order chi connectivity index (χ0) is 12.0. The fourth-order valence-electron chi connectivity index (χ4n) is 1.60. The van der Waals surface area contributed by atoms with Gasteiger partial charge in [-0.15, -0.1) is 6.58 Å². The number of nitrogens with one attached hydrogen (secondary N) is 1. The highest BCUT2D eigenvalue weighted by atomic mass is 16.5. The maximum Gasteiger partial charge on any atom is 0.407 e. The Bertz CT molecular complexity index is 284. The second-order valence-corrected chi connectivity index (χ2v) is 4.13. The van der Waals surface area contributed by atoms with Crippen LogP contribution in [0.4, 0.5) is 4.79 Å². The molecular formula is C11H17NO4. The van der Waals surface area contributed by atoms with Gasteiger partial charge in [-0.1, -0.05) is 6.08 Å².